The normalized spacial score (nSPS) is 13.5. The number of anilines is 1. The van der Waals surface area contributed by atoms with E-state index in [0.29, 0.717) is 5.95 Å². The second-order valence-electron chi connectivity index (χ2n) is 5.54. The quantitative estimate of drug-likeness (QED) is 0.563. The van der Waals surface area contributed by atoms with E-state index in [1.807, 2.05) is 31.2 Å². The molecule has 1 aromatic carbocycles. The Morgan fingerprint density at radius 2 is 2.14 bits per heavy atom. The molecular weight excluding hydrogens is 296 g/mol. The number of aromatic nitrogens is 2. The molecule has 22 heavy (non-hydrogen) atoms. The third kappa shape index (κ3) is 1.81. The van der Waals surface area contributed by atoms with Crippen molar-refractivity contribution in [2.75, 3.05) is 5.43 Å². The van der Waals surface area contributed by atoms with Gasteiger partial charge >= 0.3 is 0 Å². The smallest absolute Gasteiger partial charge is 0.268 e. The number of aryl methyl sites for hydroxylation is 3. The Balaban J connectivity index is 2.12. The minimum Gasteiger partial charge on any atom is -0.293 e. The van der Waals surface area contributed by atoms with Gasteiger partial charge in [-0.1, -0.05) is 18.2 Å². The lowest BCUT2D eigenvalue weighted by Crippen LogP contribution is -2.26. The van der Waals surface area contributed by atoms with Crippen LogP contribution in [0.4, 0.5) is 5.95 Å². The number of rotatable bonds is 2. The van der Waals surface area contributed by atoms with Crippen LogP contribution in [0.2, 0.25) is 0 Å². The van der Waals surface area contributed by atoms with Gasteiger partial charge in [0, 0.05) is 4.88 Å². The van der Waals surface area contributed by atoms with Crippen LogP contribution in [0.15, 0.2) is 29.1 Å². The predicted octanol–water partition coefficient (Wildman–Crippen LogP) is 2.53. The molecule has 0 aliphatic heterocycles. The van der Waals surface area contributed by atoms with Gasteiger partial charge in [0.1, 0.15) is 4.83 Å². The molecule has 0 unspecified atom stereocenters. The number of fused-ring (bicyclic) bond motifs is 3. The Morgan fingerprint density at radius 3 is 2.91 bits per heavy atom. The first kappa shape index (κ1) is 13.5. The van der Waals surface area contributed by atoms with E-state index in [2.05, 4.69) is 10.4 Å². The van der Waals surface area contributed by atoms with Gasteiger partial charge in [0.2, 0.25) is 5.95 Å². The van der Waals surface area contributed by atoms with Crippen molar-refractivity contribution in [1.29, 1.82) is 0 Å². The third-order valence-electron chi connectivity index (χ3n) is 4.22. The third-order valence-corrected chi connectivity index (χ3v) is 5.41. The van der Waals surface area contributed by atoms with Crippen LogP contribution in [0.5, 0.6) is 0 Å². The second kappa shape index (κ2) is 4.93. The van der Waals surface area contributed by atoms with Crippen LogP contribution in [0.3, 0.4) is 0 Å². The Kier molecular flexibility index (Phi) is 3.02. The largest absolute Gasteiger partial charge is 0.293 e. The van der Waals surface area contributed by atoms with E-state index in [1.165, 1.54) is 10.4 Å². The topological polar surface area (TPSA) is 72.9 Å². The van der Waals surface area contributed by atoms with E-state index in [9.17, 15) is 4.79 Å². The number of hydrogen-bond donors (Lipinski definition) is 2. The minimum absolute atomic E-state index is 0.0355. The summed E-state index contributed by atoms with van der Waals surface area (Å²) in [5.74, 6) is 6.00. The van der Waals surface area contributed by atoms with E-state index in [0.717, 1.165) is 40.7 Å². The highest BCUT2D eigenvalue weighted by Gasteiger charge is 2.23. The molecule has 5 nitrogen and oxygen atoms in total. The molecule has 1 aliphatic carbocycles. The number of nitrogens with one attached hydrogen (secondary N) is 1. The lowest BCUT2D eigenvalue weighted by molar-refractivity contribution is 0.912. The first-order chi connectivity index (χ1) is 10.7. The van der Waals surface area contributed by atoms with Crippen molar-refractivity contribution in [3.63, 3.8) is 0 Å². The number of hydrazine groups is 1. The van der Waals surface area contributed by atoms with Crippen molar-refractivity contribution in [3.05, 3.63) is 50.6 Å². The van der Waals surface area contributed by atoms with Gasteiger partial charge in [-0.2, -0.15) is 0 Å². The summed E-state index contributed by atoms with van der Waals surface area (Å²) in [6.45, 7) is 1.98. The molecule has 0 bridgehead atoms. The predicted molar refractivity (Wildman–Crippen MR) is 89.8 cm³/mol. The summed E-state index contributed by atoms with van der Waals surface area (Å²) >= 11 is 1.62. The van der Waals surface area contributed by atoms with Crippen molar-refractivity contribution < 1.29 is 0 Å². The summed E-state index contributed by atoms with van der Waals surface area (Å²) in [6, 6.07) is 7.76. The van der Waals surface area contributed by atoms with Gasteiger partial charge in [-0.3, -0.25) is 10.2 Å². The maximum Gasteiger partial charge on any atom is 0.268 e. The highest BCUT2D eigenvalue weighted by atomic mass is 32.1. The molecule has 6 heteroatoms. The number of nitrogens with zero attached hydrogens (tertiary/aromatic N) is 2. The lowest BCUT2D eigenvalue weighted by atomic mass is 10.1. The molecule has 3 N–H and O–H groups in total. The molecule has 2 heterocycles. The highest BCUT2D eigenvalue weighted by Crippen LogP contribution is 2.35. The summed E-state index contributed by atoms with van der Waals surface area (Å²) in [7, 11) is 0. The summed E-state index contributed by atoms with van der Waals surface area (Å²) in [5, 5.41) is 0.764. The Bertz CT molecular complexity index is 941. The van der Waals surface area contributed by atoms with Crippen molar-refractivity contribution >= 4 is 27.5 Å². The molecule has 112 valence electrons. The van der Waals surface area contributed by atoms with Gasteiger partial charge in [-0.05, 0) is 43.4 Å². The Hall–Kier alpha value is -2.18. The number of para-hydroxylation sites is 1. The van der Waals surface area contributed by atoms with Crippen LogP contribution in [0, 0.1) is 6.92 Å². The zero-order valence-electron chi connectivity index (χ0n) is 12.2. The number of nitrogens with two attached hydrogens (primary N) is 1. The lowest BCUT2D eigenvalue weighted by Gasteiger charge is -2.13. The van der Waals surface area contributed by atoms with Crippen molar-refractivity contribution in [3.8, 4) is 5.69 Å². The molecule has 2 aromatic heterocycles. The van der Waals surface area contributed by atoms with Gasteiger partial charge < -0.3 is 0 Å². The molecule has 0 saturated carbocycles. The fourth-order valence-corrected chi connectivity index (χ4v) is 4.43. The van der Waals surface area contributed by atoms with Crippen LogP contribution in [0.25, 0.3) is 15.9 Å². The molecule has 0 spiro atoms. The molecule has 1 aliphatic rings. The van der Waals surface area contributed by atoms with E-state index < -0.39 is 0 Å². The molecule has 4 rings (SSSR count). The summed E-state index contributed by atoms with van der Waals surface area (Å²) in [4.78, 5) is 19.8. The SMILES string of the molecule is Cc1ccccc1-n1c(NN)nc2sc3c(c2c1=O)CCC3. The average molecular weight is 312 g/mol. The van der Waals surface area contributed by atoms with Gasteiger partial charge in [0.15, 0.2) is 0 Å². The van der Waals surface area contributed by atoms with E-state index in [-0.39, 0.29) is 5.56 Å². The zero-order valence-corrected chi connectivity index (χ0v) is 13.0. The fourth-order valence-electron chi connectivity index (χ4n) is 3.18. The molecule has 0 fully saturated rings. The molecule has 0 radical (unpaired) electrons. The van der Waals surface area contributed by atoms with Crippen molar-refractivity contribution in [2.24, 2.45) is 5.84 Å². The van der Waals surface area contributed by atoms with Gasteiger partial charge in [-0.25, -0.2) is 15.4 Å². The number of benzene rings is 1. The van der Waals surface area contributed by atoms with Crippen LogP contribution < -0.4 is 16.8 Å². The fraction of sp³-hybridized carbons (Fsp3) is 0.250. The number of nitrogen functional groups attached to an aromatic ring is 1. The van der Waals surface area contributed by atoms with Crippen LogP contribution in [0.1, 0.15) is 22.4 Å². The minimum atomic E-state index is -0.0355. The Morgan fingerprint density at radius 1 is 1.32 bits per heavy atom. The average Bonchev–Trinajstić information content (AvgIpc) is 3.08. The highest BCUT2D eigenvalue weighted by molar-refractivity contribution is 7.18. The van der Waals surface area contributed by atoms with Crippen LogP contribution in [-0.2, 0) is 12.8 Å². The van der Waals surface area contributed by atoms with E-state index in [1.54, 1.807) is 15.9 Å². The standard InChI is InChI=1S/C16H16N4OS/c1-9-5-2-3-7-11(9)20-15(21)13-10-6-4-8-12(10)22-14(13)18-16(20)19-17/h2-3,5,7H,4,6,8,17H2,1H3,(H,18,19). The first-order valence-electron chi connectivity index (χ1n) is 7.30. The second-order valence-corrected chi connectivity index (χ2v) is 6.63. The maximum absolute atomic E-state index is 13.1. The van der Waals surface area contributed by atoms with E-state index in [4.69, 9.17) is 5.84 Å². The zero-order chi connectivity index (χ0) is 15.3. The first-order valence-corrected chi connectivity index (χ1v) is 8.12. The van der Waals surface area contributed by atoms with Gasteiger partial charge in [-0.15, -0.1) is 11.3 Å². The monoisotopic (exact) mass is 312 g/mol. The summed E-state index contributed by atoms with van der Waals surface area (Å²) < 4.78 is 1.59. The van der Waals surface area contributed by atoms with Crippen molar-refractivity contribution in [1.82, 2.24) is 9.55 Å². The number of thiophene rings is 1. The Labute approximate surface area is 131 Å². The van der Waals surface area contributed by atoms with Gasteiger partial charge in [0.25, 0.3) is 5.56 Å². The van der Waals surface area contributed by atoms with E-state index >= 15 is 0 Å². The number of hydrogen-bond acceptors (Lipinski definition) is 5. The van der Waals surface area contributed by atoms with Crippen LogP contribution >= 0.6 is 11.3 Å². The molecule has 3 aromatic rings. The molecule has 0 amide bonds. The van der Waals surface area contributed by atoms with Crippen LogP contribution in [-0.4, -0.2) is 9.55 Å². The molecule has 0 atom stereocenters. The van der Waals surface area contributed by atoms with Crippen molar-refractivity contribution in [2.45, 2.75) is 26.2 Å². The molecular formula is C16H16N4OS. The van der Waals surface area contributed by atoms with Gasteiger partial charge in [0.05, 0.1) is 11.1 Å². The summed E-state index contributed by atoms with van der Waals surface area (Å²) in [6.07, 6.45) is 3.14. The molecule has 0 saturated heterocycles. The summed E-state index contributed by atoms with van der Waals surface area (Å²) in [5.41, 5.74) is 5.55. The maximum atomic E-state index is 13.1.